The van der Waals surface area contributed by atoms with Crippen LogP contribution < -0.4 is 22.3 Å². The van der Waals surface area contributed by atoms with Gasteiger partial charge in [-0.25, -0.2) is 4.79 Å². The minimum Gasteiger partial charge on any atom is -0.388 e. The second-order valence-electron chi connectivity index (χ2n) is 10.7. The first-order valence-electron chi connectivity index (χ1n) is 14.6. The molecule has 0 saturated carbocycles. The summed E-state index contributed by atoms with van der Waals surface area (Å²) in [5.74, 6) is 0. The molecule has 7 N–H and O–H groups in total. The maximum absolute atomic E-state index is 12.3. The Morgan fingerprint density at radius 3 is 2.33 bits per heavy atom. The highest BCUT2D eigenvalue weighted by Gasteiger charge is 2.46. The van der Waals surface area contributed by atoms with Gasteiger partial charge in [0, 0.05) is 31.8 Å². The van der Waals surface area contributed by atoms with Crippen LogP contribution in [-0.2, 0) is 14.2 Å². The Morgan fingerprint density at radius 1 is 1.05 bits per heavy atom. The first-order chi connectivity index (χ1) is 18.8. The van der Waals surface area contributed by atoms with Crippen LogP contribution >= 0.6 is 0 Å². The lowest BCUT2D eigenvalue weighted by molar-refractivity contribution is -0.213. The molecule has 12 nitrogen and oxygen atoms in total. The molecule has 1 aromatic heterocycles. The molecular weight excluding hydrogens is 508 g/mol. The number of aliphatic hydroxyl groups excluding tert-OH is 3. The summed E-state index contributed by atoms with van der Waals surface area (Å²) in [4.78, 5) is 25.9. The Bertz CT molecular complexity index is 943. The van der Waals surface area contributed by atoms with Gasteiger partial charge in [0.2, 0.25) is 0 Å². The maximum Gasteiger partial charge on any atom is 0.330 e. The molecule has 2 aliphatic heterocycles. The second kappa shape index (κ2) is 16.6. The molecule has 1 aromatic rings. The molecule has 0 radical (unpaired) electrons. The summed E-state index contributed by atoms with van der Waals surface area (Å²) in [6, 6.07) is 1.18. The molecule has 2 saturated heterocycles. The fourth-order valence-electron chi connectivity index (χ4n) is 5.24. The van der Waals surface area contributed by atoms with Crippen molar-refractivity contribution in [3.8, 4) is 0 Å². The predicted octanol–water partition coefficient (Wildman–Crippen LogP) is 0.486. The number of unbranched alkanes of at least 4 members (excludes halogenated alkanes) is 9. The van der Waals surface area contributed by atoms with E-state index >= 15 is 0 Å². The molecule has 3 rings (SSSR count). The smallest absolute Gasteiger partial charge is 0.330 e. The number of hydrogen-bond acceptors (Lipinski definition) is 10. The molecule has 2 fully saturated rings. The van der Waals surface area contributed by atoms with Crippen molar-refractivity contribution in [1.82, 2.24) is 14.9 Å². The molecule has 0 bridgehead atoms. The minimum atomic E-state index is -1.29. The van der Waals surface area contributed by atoms with Crippen LogP contribution in [0.5, 0.6) is 0 Å². The van der Waals surface area contributed by atoms with Gasteiger partial charge < -0.3 is 40.6 Å². The maximum atomic E-state index is 12.3. The minimum absolute atomic E-state index is 0.0234. The lowest BCUT2D eigenvalue weighted by atomic mass is 10.1. The first kappa shape index (κ1) is 31.9. The molecule has 0 amide bonds. The highest BCUT2D eigenvalue weighted by atomic mass is 16.7. The Kier molecular flexibility index (Phi) is 13.6. The van der Waals surface area contributed by atoms with Crippen LogP contribution in [-0.4, -0.2) is 87.4 Å². The van der Waals surface area contributed by atoms with Gasteiger partial charge in [-0.15, -0.1) is 0 Å². The summed E-state index contributed by atoms with van der Waals surface area (Å²) in [6.45, 7) is 3.36. The lowest BCUT2D eigenvalue weighted by Gasteiger charge is -2.28. The van der Waals surface area contributed by atoms with Crippen LogP contribution in [0.25, 0.3) is 0 Å². The van der Waals surface area contributed by atoms with Crippen molar-refractivity contribution in [2.24, 2.45) is 5.73 Å². The number of rotatable bonds is 18. The highest BCUT2D eigenvalue weighted by molar-refractivity contribution is 4.93. The number of H-pyrrole nitrogens is 1. The third-order valence-electron chi connectivity index (χ3n) is 7.57. The molecule has 2 aliphatic rings. The summed E-state index contributed by atoms with van der Waals surface area (Å²) >= 11 is 0. The molecule has 3 heterocycles. The Balaban J connectivity index is 1.51. The Morgan fingerprint density at radius 2 is 1.72 bits per heavy atom. The van der Waals surface area contributed by atoms with Gasteiger partial charge >= 0.3 is 5.69 Å². The van der Waals surface area contributed by atoms with Gasteiger partial charge in [-0.1, -0.05) is 64.7 Å². The Hall–Kier alpha value is -1.64. The van der Waals surface area contributed by atoms with Gasteiger partial charge in [-0.3, -0.25) is 14.3 Å². The zero-order valence-corrected chi connectivity index (χ0v) is 23.1. The van der Waals surface area contributed by atoms with Gasteiger partial charge in [0.25, 0.3) is 5.56 Å². The number of nitrogens with two attached hydrogens (primary N) is 1. The average Bonchev–Trinajstić information content (AvgIpc) is 3.42. The summed E-state index contributed by atoms with van der Waals surface area (Å²) in [6.07, 6.45) is 6.20. The van der Waals surface area contributed by atoms with E-state index < -0.39 is 60.4 Å². The third-order valence-corrected chi connectivity index (χ3v) is 7.57. The van der Waals surface area contributed by atoms with Crippen molar-refractivity contribution >= 4 is 0 Å². The van der Waals surface area contributed by atoms with Gasteiger partial charge in [-0.05, 0) is 13.0 Å². The second-order valence-corrected chi connectivity index (χ2v) is 10.7. The van der Waals surface area contributed by atoms with Crippen molar-refractivity contribution in [2.75, 3.05) is 19.6 Å². The van der Waals surface area contributed by atoms with E-state index in [1.807, 2.05) is 0 Å². The van der Waals surface area contributed by atoms with Crippen LogP contribution in [0.2, 0.25) is 0 Å². The monoisotopic (exact) mass is 556 g/mol. The van der Waals surface area contributed by atoms with Crippen LogP contribution in [0.1, 0.15) is 83.8 Å². The zero-order valence-electron chi connectivity index (χ0n) is 23.1. The first-order valence-corrected chi connectivity index (χ1v) is 14.6. The number of aliphatic hydroxyl groups is 3. The number of ether oxygens (including phenoxy) is 3. The third kappa shape index (κ3) is 9.46. The molecule has 12 heteroatoms. The van der Waals surface area contributed by atoms with E-state index in [-0.39, 0.29) is 13.0 Å². The van der Waals surface area contributed by atoms with E-state index in [9.17, 15) is 24.9 Å². The summed E-state index contributed by atoms with van der Waals surface area (Å²) in [5, 5.41) is 34.7. The standard InChI is InChI=1S/C27H48N4O8/c1-2-3-4-5-6-7-8-9-10-11-13-29-17-21(39-26-24(35)23(34)20(16-28)38-26)19-15-18(32)25(37-19)31-14-12-22(33)30-27(31)36/h12,14,18-21,23-26,29,32,34-35H,2-11,13,15-17,28H2,1H3,(H,30,33,36)/t18-,19+,20-,21+,23-,24-,25-,26+/m1/s1. The van der Waals surface area contributed by atoms with Crippen molar-refractivity contribution in [3.05, 3.63) is 33.1 Å². The fraction of sp³-hybridized carbons (Fsp3) is 0.852. The van der Waals surface area contributed by atoms with Crippen LogP contribution in [0.3, 0.4) is 0 Å². The van der Waals surface area contributed by atoms with Gasteiger partial charge in [0.15, 0.2) is 12.5 Å². The lowest BCUT2D eigenvalue weighted by Crippen LogP contribution is -2.44. The SMILES string of the molecule is CCCCCCCCCCCCNC[C@H](O[C@@H]1O[C@H](CN)[C@@H](O)[C@H]1O)[C@@H]1C[C@@H](O)[C@H](n2ccc(=O)[nH]c2=O)O1. The molecule has 39 heavy (non-hydrogen) atoms. The molecule has 8 atom stereocenters. The Labute approximate surface area is 229 Å². The summed E-state index contributed by atoms with van der Waals surface area (Å²) < 4.78 is 18.8. The molecule has 0 spiro atoms. The van der Waals surface area contributed by atoms with Gasteiger partial charge in [0.1, 0.15) is 24.4 Å². The number of nitrogens with one attached hydrogen (secondary N) is 2. The van der Waals surface area contributed by atoms with Crippen LogP contribution in [0.4, 0.5) is 0 Å². The van der Waals surface area contributed by atoms with Crippen molar-refractivity contribution in [2.45, 2.75) is 127 Å². The van der Waals surface area contributed by atoms with E-state index in [1.54, 1.807) is 0 Å². The van der Waals surface area contributed by atoms with Crippen LogP contribution in [0.15, 0.2) is 21.9 Å². The van der Waals surface area contributed by atoms with E-state index in [2.05, 4.69) is 17.2 Å². The molecule has 0 aromatic carbocycles. The van der Waals surface area contributed by atoms with E-state index in [1.165, 1.54) is 63.6 Å². The molecule has 0 aliphatic carbocycles. The summed E-state index contributed by atoms with van der Waals surface area (Å²) in [7, 11) is 0. The van der Waals surface area contributed by atoms with Crippen LogP contribution in [0, 0.1) is 0 Å². The number of hydrogen-bond donors (Lipinski definition) is 6. The normalized spacial score (nSPS) is 29.7. The number of aromatic amines is 1. The zero-order chi connectivity index (χ0) is 28.2. The quantitative estimate of drug-likeness (QED) is 0.139. The average molecular weight is 557 g/mol. The largest absolute Gasteiger partial charge is 0.388 e. The predicted molar refractivity (Wildman–Crippen MR) is 145 cm³/mol. The highest BCUT2D eigenvalue weighted by Crippen LogP contribution is 2.32. The van der Waals surface area contributed by atoms with E-state index in [0.29, 0.717) is 6.54 Å². The van der Waals surface area contributed by atoms with Gasteiger partial charge in [-0.2, -0.15) is 0 Å². The summed E-state index contributed by atoms with van der Waals surface area (Å²) in [5.41, 5.74) is 4.40. The molecule has 0 unspecified atom stereocenters. The topological polar surface area (TPSA) is 181 Å². The number of nitrogens with zero attached hydrogens (tertiary/aromatic N) is 1. The van der Waals surface area contributed by atoms with Crippen molar-refractivity contribution < 1.29 is 29.5 Å². The van der Waals surface area contributed by atoms with Gasteiger partial charge in [0.05, 0.1) is 12.2 Å². The van der Waals surface area contributed by atoms with Crippen molar-refractivity contribution in [1.29, 1.82) is 0 Å². The van der Waals surface area contributed by atoms with E-state index in [4.69, 9.17) is 19.9 Å². The molecular formula is C27H48N4O8. The number of aromatic nitrogens is 2. The fourth-order valence-corrected chi connectivity index (χ4v) is 5.24. The van der Waals surface area contributed by atoms with E-state index in [0.717, 1.165) is 24.0 Å². The molecule has 224 valence electrons. The van der Waals surface area contributed by atoms with Crippen molar-refractivity contribution in [3.63, 3.8) is 0 Å².